The molecule has 1 aromatic carbocycles. The SMILES string of the molecule is CC(Nc1cc(Cl)ccc1C#N)c1cc(Cl)sc1Cl. The Bertz CT molecular complexity index is 646. The van der Waals surface area contributed by atoms with Gasteiger partial charge in [-0.3, -0.25) is 0 Å². The topological polar surface area (TPSA) is 35.8 Å². The van der Waals surface area contributed by atoms with E-state index < -0.39 is 0 Å². The van der Waals surface area contributed by atoms with E-state index in [-0.39, 0.29) is 6.04 Å². The summed E-state index contributed by atoms with van der Waals surface area (Å²) in [6.45, 7) is 1.95. The standard InChI is InChI=1S/C13H9Cl3N2S/c1-7(10-5-12(15)19-13(10)16)18-11-4-9(14)3-2-8(11)6-17/h2-5,7,18H,1H3. The molecule has 1 unspecified atom stereocenters. The third-order valence-electron chi connectivity index (χ3n) is 2.62. The highest BCUT2D eigenvalue weighted by Crippen LogP contribution is 2.36. The third-order valence-corrected chi connectivity index (χ3v) is 4.38. The van der Waals surface area contributed by atoms with E-state index in [4.69, 9.17) is 40.1 Å². The van der Waals surface area contributed by atoms with E-state index in [1.165, 1.54) is 11.3 Å². The molecule has 0 saturated heterocycles. The third kappa shape index (κ3) is 3.34. The maximum Gasteiger partial charge on any atom is 0.101 e. The van der Waals surface area contributed by atoms with E-state index in [2.05, 4.69) is 11.4 Å². The van der Waals surface area contributed by atoms with Gasteiger partial charge < -0.3 is 5.32 Å². The van der Waals surface area contributed by atoms with E-state index in [0.717, 1.165) is 5.56 Å². The van der Waals surface area contributed by atoms with Crippen LogP contribution in [0.5, 0.6) is 0 Å². The predicted octanol–water partition coefficient (Wildman–Crippen LogP) is 5.75. The molecule has 1 heterocycles. The Balaban J connectivity index is 2.29. The van der Waals surface area contributed by atoms with Crippen LogP contribution in [0.15, 0.2) is 24.3 Å². The molecule has 0 bridgehead atoms. The van der Waals surface area contributed by atoms with Crippen molar-refractivity contribution in [1.82, 2.24) is 0 Å². The van der Waals surface area contributed by atoms with Gasteiger partial charge in [-0.05, 0) is 31.2 Å². The lowest BCUT2D eigenvalue weighted by Gasteiger charge is -2.16. The summed E-state index contributed by atoms with van der Waals surface area (Å²) >= 11 is 19.3. The van der Waals surface area contributed by atoms with Crippen LogP contribution in [0.4, 0.5) is 5.69 Å². The zero-order valence-corrected chi connectivity index (χ0v) is 13.0. The largest absolute Gasteiger partial charge is 0.377 e. The van der Waals surface area contributed by atoms with Gasteiger partial charge in [-0.25, -0.2) is 0 Å². The molecule has 0 spiro atoms. The van der Waals surface area contributed by atoms with Gasteiger partial charge in [0, 0.05) is 10.6 Å². The van der Waals surface area contributed by atoms with Crippen LogP contribution >= 0.6 is 46.1 Å². The summed E-state index contributed by atoms with van der Waals surface area (Å²) < 4.78 is 1.28. The number of nitrogens with one attached hydrogen (secondary N) is 1. The summed E-state index contributed by atoms with van der Waals surface area (Å²) in [5, 5.41) is 12.9. The zero-order valence-electron chi connectivity index (χ0n) is 9.88. The number of hydrogen-bond acceptors (Lipinski definition) is 3. The molecule has 1 atom stereocenters. The number of anilines is 1. The number of hydrogen-bond donors (Lipinski definition) is 1. The van der Waals surface area contributed by atoms with Crippen molar-refractivity contribution in [1.29, 1.82) is 5.26 Å². The first-order chi connectivity index (χ1) is 9.01. The first-order valence-corrected chi connectivity index (χ1v) is 7.37. The van der Waals surface area contributed by atoms with Gasteiger partial charge in [-0.2, -0.15) is 5.26 Å². The Kier molecular flexibility index (Phi) is 4.59. The van der Waals surface area contributed by atoms with Gasteiger partial charge in [0.2, 0.25) is 0 Å². The van der Waals surface area contributed by atoms with E-state index in [0.29, 0.717) is 24.9 Å². The summed E-state index contributed by atoms with van der Waals surface area (Å²) in [5.41, 5.74) is 2.12. The molecule has 2 nitrogen and oxygen atoms in total. The van der Waals surface area contributed by atoms with Crippen LogP contribution in [-0.2, 0) is 0 Å². The van der Waals surface area contributed by atoms with Gasteiger partial charge in [-0.15, -0.1) is 11.3 Å². The Hall–Kier alpha value is -0.920. The van der Waals surface area contributed by atoms with Gasteiger partial charge in [0.15, 0.2) is 0 Å². The average Bonchev–Trinajstić information content (AvgIpc) is 2.69. The molecule has 98 valence electrons. The van der Waals surface area contributed by atoms with E-state index in [1.807, 2.05) is 13.0 Å². The lowest BCUT2D eigenvalue weighted by Crippen LogP contribution is -2.07. The Morgan fingerprint density at radius 2 is 2.00 bits per heavy atom. The molecule has 2 aromatic rings. The molecule has 0 aliphatic heterocycles. The Labute approximate surface area is 130 Å². The van der Waals surface area contributed by atoms with Crippen molar-refractivity contribution in [3.63, 3.8) is 0 Å². The summed E-state index contributed by atoms with van der Waals surface area (Å²) in [6, 6.07) is 8.96. The second kappa shape index (κ2) is 6.02. The fourth-order valence-electron chi connectivity index (χ4n) is 1.69. The van der Waals surface area contributed by atoms with Gasteiger partial charge in [0.05, 0.1) is 26.0 Å². The lowest BCUT2D eigenvalue weighted by atomic mass is 10.1. The molecule has 6 heteroatoms. The number of benzene rings is 1. The number of nitriles is 1. The molecule has 0 fully saturated rings. The summed E-state index contributed by atoms with van der Waals surface area (Å²) in [6.07, 6.45) is 0. The van der Waals surface area contributed by atoms with Gasteiger partial charge in [-0.1, -0.05) is 34.8 Å². The minimum Gasteiger partial charge on any atom is -0.377 e. The van der Waals surface area contributed by atoms with Crippen LogP contribution in [-0.4, -0.2) is 0 Å². The fourth-order valence-corrected chi connectivity index (χ4v) is 3.51. The summed E-state index contributed by atoms with van der Waals surface area (Å²) in [7, 11) is 0. The Morgan fingerprint density at radius 1 is 1.26 bits per heavy atom. The minimum absolute atomic E-state index is 0.0678. The number of thiophene rings is 1. The van der Waals surface area contributed by atoms with Crippen molar-refractivity contribution < 1.29 is 0 Å². The quantitative estimate of drug-likeness (QED) is 0.777. The van der Waals surface area contributed by atoms with Crippen molar-refractivity contribution in [3.8, 4) is 6.07 Å². The minimum atomic E-state index is -0.0678. The number of rotatable bonds is 3. The van der Waals surface area contributed by atoms with Crippen LogP contribution in [0.2, 0.25) is 13.7 Å². The molecule has 0 aliphatic rings. The molecule has 0 amide bonds. The second-order valence-electron chi connectivity index (χ2n) is 3.95. The van der Waals surface area contributed by atoms with Crippen LogP contribution < -0.4 is 5.32 Å². The van der Waals surface area contributed by atoms with E-state index >= 15 is 0 Å². The summed E-state index contributed by atoms with van der Waals surface area (Å²) in [4.78, 5) is 0. The van der Waals surface area contributed by atoms with Crippen molar-refractivity contribution in [2.45, 2.75) is 13.0 Å². The number of halogens is 3. The molecule has 0 radical (unpaired) electrons. The maximum atomic E-state index is 9.07. The first-order valence-electron chi connectivity index (χ1n) is 5.42. The van der Waals surface area contributed by atoms with Crippen LogP contribution in [0.1, 0.15) is 24.1 Å². The Morgan fingerprint density at radius 3 is 2.58 bits per heavy atom. The molecule has 2 rings (SSSR count). The zero-order chi connectivity index (χ0) is 14.0. The van der Waals surface area contributed by atoms with Gasteiger partial charge in [0.1, 0.15) is 6.07 Å². The van der Waals surface area contributed by atoms with Gasteiger partial charge in [0.25, 0.3) is 0 Å². The van der Waals surface area contributed by atoms with Crippen LogP contribution in [0, 0.1) is 11.3 Å². The van der Waals surface area contributed by atoms with Crippen molar-refractivity contribution in [3.05, 3.63) is 49.1 Å². The maximum absolute atomic E-state index is 9.07. The van der Waals surface area contributed by atoms with Crippen molar-refractivity contribution in [2.24, 2.45) is 0 Å². The molecular formula is C13H9Cl3N2S. The molecule has 0 aliphatic carbocycles. The monoisotopic (exact) mass is 330 g/mol. The molecule has 19 heavy (non-hydrogen) atoms. The first kappa shape index (κ1) is 14.5. The average molecular weight is 332 g/mol. The highest BCUT2D eigenvalue weighted by molar-refractivity contribution is 7.20. The highest BCUT2D eigenvalue weighted by Gasteiger charge is 2.14. The van der Waals surface area contributed by atoms with E-state index in [1.54, 1.807) is 18.2 Å². The van der Waals surface area contributed by atoms with Crippen molar-refractivity contribution in [2.75, 3.05) is 5.32 Å². The van der Waals surface area contributed by atoms with Crippen LogP contribution in [0.25, 0.3) is 0 Å². The molecule has 1 N–H and O–H groups in total. The molecule has 1 aromatic heterocycles. The highest BCUT2D eigenvalue weighted by atomic mass is 35.5. The lowest BCUT2D eigenvalue weighted by molar-refractivity contribution is 0.890. The predicted molar refractivity (Wildman–Crippen MR) is 82.5 cm³/mol. The fraction of sp³-hybridized carbons (Fsp3) is 0.154. The van der Waals surface area contributed by atoms with Crippen molar-refractivity contribution >= 4 is 51.8 Å². The molecular weight excluding hydrogens is 323 g/mol. The summed E-state index contributed by atoms with van der Waals surface area (Å²) in [5.74, 6) is 0. The van der Waals surface area contributed by atoms with Crippen LogP contribution in [0.3, 0.4) is 0 Å². The smallest absolute Gasteiger partial charge is 0.101 e. The van der Waals surface area contributed by atoms with Gasteiger partial charge >= 0.3 is 0 Å². The molecule has 0 saturated carbocycles. The number of nitrogens with zero attached hydrogens (tertiary/aromatic N) is 1. The normalized spacial score (nSPS) is 11.9. The van der Waals surface area contributed by atoms with E-state index in [9.17, 15) is 0 Å². The second-order valence-corrected chi connectivity index (χ2v) is 6.67.